The second kappa shape index (κ2) is 5.54. The Labute approximate surface area is 111 Å². The van der Waals surface area contributed by atoms with E-state index >= 15 is 0 Å². The van der Waals surface area contributed by atoms with Gasteiger partial charge in [0.2, 0.25) is 0 Å². The second-order valence-electron chi connectivity index (χ2n) is 4.69. The lowest BCUT2D eigenvalue weighted by Crippen LogP contribution is -2.42. The fourth-order valence-electron chi connectivity index (χ4n) is 2.30. The maximum absolute atomic E-state index is 11.9. The van der Waals surface area contributed by atoms with Crippen LogP contribution in [0.2, 0.25) is 0 Å². The zero-order valence-corrected chi connectivity index (χ0v) is 10.7. The van der Waals surface area contributed by atoms with Crippen molar-refractivity contribution >= 4 is 11.7 Å². The standard InChI is InChI=1S/C13H17N3O3/c17-13-11(3-5-16-6-8-18-9-7-16)19-10-2-1-4-14-12(10)15-13/h1-2,4,11H,3,5-9H2,(H,14,15,17). The topological polar surface area (TPSA) is 63.7 Å². The lowest BCUT2D eigenvalue weighted by atomic mass is 10.2. The summed E-state index contributed by atoms with van der Waals surface area (Å²) in [6.07, 6.45) is 1.89. The molecule has 1 aromatic rings. The Bertz CT molecular complexity index is 460. The van der Waals surface area contributed by atoms with Crippen LogP contribution in [-0.2, 0) is 9.53 Å². The summed E-state index contributed by atoms with van der Waals surface area (Å²) >= 11 is 0. The van der Waals surface area contributed by atoms with Gasteiger partial charge < -0.3 is 14.8 Å². The Morgan fingerprint density at radius 1 is 1.42 bits per heavy atom. The van der Waals surface area contributed by atoms with Gasteiger partial charge in [0.25, 0.3) is 5.91 Å². The molecular weight excluding hydrogens is 246 g/mol. The van der Waals surface area contributed by atoms with E-state index in [0.717, 1.165) is 32.8 Å². The number of nitrogens with zero attached hydrogens (tertiary/aromatic N) is 2. The van der Waals surface area contributed by atoms with Crippen LogP contribution < -0.4 is 10.1 Å². The fourth-order valence-corrected chi connectivity index (χ4v) is 2.30. The molecule has 1 fully saturated rings. The number of aromatic nitrogens is 1. The van der Waals surface area contributed by atoms with Crippen LogP contribution >= 0.6 is 0 Å². The molecule has 0 aliphatic carbocycles. The Morgan fingerprint density at radius 2 is 2.26 bits per heavy atom. The van der Waals surface area contributed by atoms with Gasteiger partial charge in [-0.25, -0.2) is 4.98 Å². The molecule has 1 atom stereocenters. The summed E-state index contributed by atoms with van der Waals surface area (Å²) in [5.41, 5.74) is 0. The summed E-state index contributed by atoms with van der Waals surface area (Å²) in [4.78, 5) is 18.3. The van der Waals surface area contributed by atoms with E-state index in [4.69, 9.17) is 9.47 Å². The molecule has 0 aromatic carbocycles. The molecule has 1 amide bonds. The third kappa shape index (κ3) is 2.85. The number of carbonyl (C=O) groups is 1. The highest BCUT2D eigenvalue weighted by Gasteiger charge is 2.28. The van der Waals surface area contributed by atoms with Gasteiger partial charge in [-0.1, -0.05) is 0 Å². The zero-order chi connectivity index (χ0) is 13.1. The van der Waals surface area contributed by atoms with Crippen LogP contribution in [0.5, 0.6) is 5.75 Å². The minimum Gasteiger partial charge on any atom is -0.477 e. The highest BCUT2D eigenvalue weighted by atomic mass is 16.5. The highest BCUT2D eigenvalue weighted by molar-refractivity contribution is 5.96. The zero-order valence-electron chi connectivity index (χ0n) is 10.7. The Balaban J connectivity index is 1.58. The minimum absolute atomic E-state index is 0.112. The number of morpholine rings is 1. The van der Waals surface area contributed by atoms with E-state index in [-0.39, 0.29) is 5.91 Å². The van der Waals surface area contributed by atoms with Gasteiger partial charge in [0.05, 0.1) is 13.2 Å². The monoisotopic (exact) mass is 263 g/mol. The van der Waals surface area contributed by atoms with Crippen LogP contribution in [0, 0.1) is 0 Å². The Morgan fingerprint density at radius 3 is 3.11 bits per heavy atom. The van der Waals surface area contributed by atoms with E-state index in [9.17, 15) is 4.79 Å². The quantitative estimate of drug-likeness (QED) is 0.860. The molecule has 2 aliphatic rings. The minimum atomic E-state index is -0.431. The summed E-state index contributed by atoms with van der Waals surface area (Å²) in [5.74, 6) is 1.05. The van der Waals surface area contributed by atoms with E-state index in [0.29, 0.717) is 18.0 Å². The van der Waals surface area contributed by atoms with Crippen molar-refractivity contribution in [2.24, 2.45) is 0 Å². The molecule has 3 rings (SSSR count). The van der Waals surface area contributed by atoms with Crippen molar-refractivity contribution < 1.29 is 14.3 Å². The van der Waals surface area contributed by atoms with E-state index in [1.54, 1.807) is 12.3 Å². The molecular formula is C13H17N3O3. The van der Waals surface area contributed by atoms with E-state index in [2.05, 4.69) is 15.2 Å². The molecule has 0 spiro atoms. The SMILES string of the molecule is O=C1Nc2ncccc2OC1CCN1CCOCC1. The number of fused-ring (bicyclic) bond motifs is 1. The van der Waals surface area contributed by atoms with Crippen LogP contribution in [0.25, 0.3) is 0 Å². The van der Waals surface area contributed by atoms with Gasteiger partial charge in [-0.15, -0.1) is 0 Å². The first-order chi connectivity index (χ1) is 9.33. The number of amides is 1. The van der Waals surface area contributed by atoms with Gasteiger partial charge in [-0.3, -0.25) is 9.69 Å². The number of rotatable bonds is 3. The molecule has 1 N–H and O–H groups in total. The van der Waals surface area contributed by atoms with Crippen molar-refractivity contribution in [1.82, 2.24) is 9.88 Å². The molecule has 1 saturated heterocycles. The van der Waals surface area contributed by atoms with E-state index in [1.165, 1.54) is 0 Å². The summed E-state index contributed by atoms with van der Waals surface area (Å²) in [7, 11) is 0. The van der Waals surface area contributed by atoms with Crippen LogP contribution in [0.4, 0.5) is 5.82 Å². The first-order valence-corrected chi connectivity index (χ1v) is 6.55. The maximum atomic E-state index is 11.9. The fraction of sp³-hybridized carbons (Fsp3) is 0.538. The predicted molar refractivity (Wildman–Crippen MR) is 69.2 cm³/mol. The molecule has 6 nitrogen and oxygen atoms in total. The number of ether oxygens (including phenoxy) is 2. The highest BCUT2D eigenvalue weighted by Crippen LogP contribution is 2.27. The first-order valence-electron chi connectivity index (χ1n) is 6.55. The lowest BCUT2D eigenvalue weighted by molar-refractivity contribution is -0.124. The summed E-state index contributed by atoms with van der Waals surface area (Å²) in [6, 6.07) is 3.62. The van der Waals surface area contributed by atoms with Crippen LogP contribution in [0.1, 0.15) is 6.42 Å². The third-order valence-electron chi connectivity index (χ3n) is 3.39. The number of nitrogens with one attached hydrogen (secondary N) is 1. The van der Waals surface area contributed by atoms with Gasteiger partial charge in [0.1, 0.15) is 0 Å². The van der Waals surface area contributed by atoms with Crippen molar-refractivity contribution in [3.8, 4) is 5.75 Å². The summed E-state index contributed by atoms with van der Waals surface area (Å²) < 4.78 is 11.0. The summed E-state index contributed by atoms with van der Waals surface area (Å²) in [5, 5.41) is 2.78. The lowest BCUT2D eigenvalue weighted by Gasteiger charge is -2.29. The predicted octanol–water partition coefficient (Wildman–Crippen LogP) is 0.503. The number of carbonyl (C=O) groups excluding carboxylic acids is 1. The van der Waals surface area contributed by atoms with Crippen molar-refractivity contribution in [2.45, 2.75) is 12.5 Å². The summed E-state index contributed by atoms with van der Waals surface area (Å²) in [6.45, 7) is 4.23. The second-order valence-corrected chi connectivity index (χ2v) is 4.69. The molecule has 0 saturated carbocycles. The first kappa shape index (κ1) is 12.4. The molecule has 3 heterocycles. The number of anilines is 1. The van der Waals surface area contributed by atoms with E-state index in [1.807, 2.05) is 6.07 Å². The third-order valence-corrected chi connectivity index (χ3v) is 3.39. The molecule has 2 aliphatic heterocycles. The molecule has 19 heavy (non-hydrogen) atoms. The molecule has 102 valence electrons. The van der Waals surface area contributed by atoms with Gasteiger partial charge in [-0.05, 0) is 12.1 Å². The Hall–Kier alpha value is -1.66. The average molecular weight is 263 g/mol. The molecule has 0 bridgehead atoms. The van der Waals surface area contributed by atoms with Crippen molar-refractivity contribution in [3.05, 3.63) is 18.3 Å². The van der Waals surface area contributed by atoms with Gasteiger partial charge in [0, 0.05) is 32.3 Å². The number of hydrogen-bond donors (Lipinski definition) is 1. The van der Waals surface area contributed by atoms with Gasteiger partial charge >= 0.3 is 0 Å². The van der Waals surface area contributed by atoms with Crippen LogP contribution in [0.15, 0.2) is 18.3 Å². The van der Waals surface area contributed by atoms with Crippen LogP contribution in [0.3, 0.4) is 0 Å². The maximum Gasteiger partial charge on any atom is 0.266 e. The number of hydrogen-bond acceptors (Lipinski definition) is 5. The molecule has 1 unspecified atom stereocenters. The van der Waals surface area contributed by atoms with Crippen molar-refractivity contribution in [3.63, 3.8) is 0 Å². The molecule has 0 radical (unpaired) electrons. The Kier molecular flexibility index (Phi) is 3.61. The molecule has 1 aromatic heterocycles. The number of pyridine rings is 1. The largest absolute Gasteiger partial charge is 0.477 e. The normalized spacial score (nSPS) is 23.4. The van der Waals surface area contributed by atoms with Crippen molar-refractivity contribution in [1.29, 1.82) is 0 Å². The van der Waals surface area contributed by atoms with Crippen molar-refractivity contribution in [2.75, 3.05) is 38.2 Å². The average Bonchev–Trinajstić information content (AvgIpc) is 2.46. The van der Waals surface area contributed by atoms with Gasteiger partial charge in [-0.2, -0.15) is 0 Å². The molecule has 6 heteroatoms. The van der Waals surface area contributed by atoms with Crippen LogP contribution in [-0.4, -0.2) is 54.7 Å². The smallest absolute Gasteiger partial charge is 0.266 e. The van der Waals surface area contributed by atoms with Gasteiger partial charge in [0.15, 0.2) is 17.7 Å². The van der Waals surface area contributed by atoms with E-state index < -0.39 is 6.10 Å².